The number of nitrogens with one attached hydrogen (secondary N) is 3. The van der Waals surface area contributed by atoms with Crippen LogP contribution in [0.1, 0.15) is 128 Å². The molecule has 43 nitrogen and oxygen atoms in total. The number of benzene rings is 2. The van der Waals surface area contributed by atoms with Crippen LogP contribution in [0.3, 0.4) is 0 Å². The molecule has 0 spiro atoms. The molecule has 0 aromatic heterocycles. The topological polar surface area (TPSA) is 542 Å². The van der Waals surface area contributed by atoms with E-state index in [9.17, 15) is 81.8 Å². The first-order valence-corrected chi connectivity index (χ1v) is 37.4. The summed E-state index contributed by atoms with van der Waals surface area (Å²) < 4.78 is 140. The summed E-state index contributed by atoms with van der Waals surface area (Å²) in [6, 6.07) is 8.59. The number of fused-ring (bicyclic) bond motifs is 3. The summed E-state index contributed by atoms with van der Waals surface area (Å²) in [6.07, 6.45) is -47.4. The van der Waals surface area contributed by atoms with Crippen molar-refractivity contribution in [2.45, 2.75) is 276 Å². The van der Waals surface area contributed by atoms with Gasteiger partial charge in [-0.2, -0.15) is 0 Å². The van der Waals surface area contributed by atoms with E-state index < -0.39 is 287 Å². The van der Waals surface area contributed by atoms with Gasteiger partial charge in [-0.25, -0.2) is 9.59 Å². The number of amides is 3. The van der Waals surface area contributed by atoms with Gasteiger partial charge in [-0.15, -0.1) is 0 Å². The smallest absolute Gasteiger partial charge is 0.407 e. The van der Waals surface area contributed by atoms with Crippen LogP contribution in [0.5, 0.6) is 0 Å². The van der Waals surface area contributed by atoms with Crippen LogP contribution in [0.2, 0.25) is 0 Å². The van der Waals surface area contributed by atoms with E-state index in [1.807, 2.05) is 36.4 Å². The second kappa shape index (κ2) is 42.3. The maximum atomic E-state index is 14.4. The predicted molar refractivity (Wildman–Crippen MR) is 385 cm³/mol. The molecule has 5 fully saturated rings. The Labute approximate surface area is 679 Å². The Balaban J connectivity index is 1.33. The largest absolute Gasteiger partial charge is 0.480 e. The van der Waals surface area contributed by atoms with E-state index in [-0.39, 0.29) is 6.61 Å². The fraction of sp³-hybridized carbons (Fsp3) is 0.632. The zero-order valence-electron chi connectivity index (χ0n) is 67.6. The van der Waals surface area contributed by atoms with Gasteiger partial charge in [-0.3, -0.25) is 67.1 Å². The van der Waals surface area contributed by atoms with E-state index in [1.54, 1.807) is 12.1 Å². The molecule has 1 aliphatic carbocycles. The van der Waals surface area contributed by atoms with Crippen LogP contribution in [0.15, 0.2) is 48.5 Å². The Morgan fingerprint density at radius 2 is 0.647 bits per heavy atom. The van der Waals surface area contributed by atoms with Crippen molar-refractivity contribution in [1.29, 1.82) is 0 Å². The van der Waals surface area contributed by atoms with E-state index in [0.717, 1.165) is 119 Å². The highest BCUT2D eigenvalue weighted by Crippen LogP contribution is 2.46. The predicted octanol–water partition coefficient (Wildman–Crippen LogP) is 0.284. The molecule has 6 aliphatic rings. The van der Waals surface area contributed by atoms with Crippen LogP contribution < -0.4 is 16.0 Å². The molecule has 119 heavy (non-hydrogen) atoms. The van der Waals surface area contributed by atoms with Gasteiger partial charge < -0.3 is 130 Å². The van der Waals surface area contributed by atoms with E-state index in [0.29, 0.717) is 0 Å². The summed E-state index contributed by atoms with van der Waals surface area (Å²) in [6.45, 7) is 11.5. The minimum atomic E-state index is -2.42. The second-order valence-electron chi connectivity index (χ2n) is 28.2. The van der Waals surface area contributed by atoms with Crippen molar-refractivity contribution >= 4 is 95.5 Å². The Morgan fingerprint density at radius 3 is 1.05 bits per heavy atom. The number of aliphatic carboxylic acids is 1. The van der Waals surface area contributed by atoms with Crippen molar-refractivity contribution < 1.29 is 191 Å². The first-order valence-electron chi connectivity index (χ1n) is 37.4. The maximum absolute atomic E-state index is 14.4. The number of esters is 12. The Morgan fingerprint density at radius 1 is 0.336 bits per heavy atom. The molecule has 0 saturated carbocycles. The quantitative estimate of drug-likeness (QED) is 0.0565. The average Bonchev–Trinajstić information content (AvgIpc) is 1.24. The van der Waals surface area contributed by atoms with Crippen LogP contribution in [0.4, 0.5) is 4.79 Å². The van der Waals surface area contributed by atoms with E-state index in [1.165, 1.54) is 13.8 Å². The number of hydrogen-bond acceptors (Lipinski definition) is 39. The van der Waals surface area contributed by atoms with Crippen molar-refractivity contribution in [2.24, 2.45) is 0 Å². The molecule has 5 saturated heterocycles. The molecule has 0 radical (unpaired) electrons. The third kappa shape index (κ3) is 25.5. The zero-order chi connectivity index (χ0) is 87.7. The molecular weight excluding hydrogens is 1590 g/mol. The summed E-state index contributed by atoms with van der Waals surface area (Å²) in [4.78, 5) is 213. The van der Waals surface area contributed by atoms with Crippen molar-refractivity contribution in [2.75, 3.05) is 33.0 Å². The van der Waals surface area contributed by atoms with Crippen LogP contribution >= 0.6 is 0 Å². The number of rotatable bonds is 32. The highest BCUT2D eigenvalue weighted by atomic mass is 16.8. The van der Waals surface area contributed by atoms with Gasteiger partial charge in [0.25, 0.3) is 0 Å². The number of ether oxygens (including phenoxy) is 23. The molecule has 2 aromatic carbocycles. The Kier molecular flexibility index (Phi) is 33.4. The molecule has 0 unspecified atom stereocenters. The minimum absolute atomic E-state index is 0.279. The minimum Gasteiger partial charge on any atom is -0.480 e. The monoisotopic (exact) mass is 1690 g/mol. The highest BCUT2D eigenvalue weighted by molar-refractivity contribution is 5.82. The fourth-order valence-corrected chi connectivity index (χ4v) is 14.4. The van der Waals surface area contributed by atoms with Gasteiger partial charge >= 0.3 is 83.7 Å². The third-order valence-corrected chi connectivity index (χ3v) is 18.7. The van der Waals surface area contributed by atoms with Gasteiger partial charge in [-0.05, 0) is 36.1 Å². The number of alkyl carbamates (subject to hydrolysis) is 1. The maximum Gasteiger partial charge on any atom is 0.407 e. The van der Waals surface area contributed by atoms with Crippen LogP contribution in [-0.2, 0) is 181 Å². The molecule has 3 amide bonds. The van der Waals surface area contributed by atoms with Gasteiger partial charge in [0.2, 0.25) is 11.8 Å². The second-order valence-corrected chi connectivity index (χ2v) is 28.2. The molecule has 2 aromatic rings. The summed E-state index contributed by atoms with van der Waals surface area (Å²) >= 11 is 0. The van der Waals surface area contributed by atoms with Gasteiger partial charge in [0, 0.05) is 103 Å². The van der Waals surface area contributed by atoms with E-state index >= 15 is 0 Å². The fourth-order valence-electron chi connectivity index (χ4n) is 14.4. The lowest BCUT2D eigenvalue weighted by molar-refractivity contribution is -0.396. The highest BCUT2D eigenvalue weighted by Gasteiger charge is 2.63. The molecule has 0 bridgehead atoms. The number of carbonyl (C=O) groups is 16. The Hall–Kier alpha value is -10.6. The molecule has 5 aliphatic heterocycles. The molecule has 656 valence electrons. The van der Waals surface area contributed by atoms with Gasteiger partial charge in [0.05, 0.1) is 18.8 Å². The number of hydrogen-bond donors (Lipinski definition) is 4. The average molecular weight is 1690 g/mol. The van der Waals surface area contributed by atoms with Crippen LogP contribution in [-0.4, -0.2) is 293 Å². The van der Waals surface area contributed by atoms with Gasteiger partial charge in [0.1, 0.15) is 75.1 Å². The summed E-state index contributed by atoms with van der Waals surface area (Å²) in [5.74, 6) is -17.0. The number of carboxylic acids is 1. The lowest BCUT2D eigenvalue weighted by atomic mass is 9.92. The third-order valence-electron chi connectivity index (χ3n) is 18.7. The van der Waals surface area contributed by atoms with Gasteiger partial charge in [0.15, 0.2) is 98.5 Å². The lowest BCUT2D eigenvalue weighted by Gasteiger charge is -2.53. The van der Waals surface area contributed by atoms with Gasteiger partial charge in [-0.1, -0.05) is 48.5 Å². The first-order chi connectivity index (χ1) is 56.1. The summed E-state index contributed by atoms with van der Waals surface area (Å²) in [5.41, 5.74) is 3.40. The van der Waals surface area contributed by atoms with E-state index in [4.69, 9.17) is 109 Å². The van der Waals surface area contributed by atoms with Crippen molar-refractivity contribution in [3.05, 3.63) is 59.7 Å². The number of carbonyl (C=O) groups excluding carboxylic acids is 15. The molecule has 26 atom stereocenters. The SMILES string of the molecule is CC(=O)N[C@H]1[C@@H](OC[C@H](NC(=O)OCC2c3ccccc3-c3ccccc32)C(=O)O)O[C@H](COC(C)=O)[C@H](OC(C)=O)[C@@H]1O[C@@H]1O[C@H](COC(C)=O)[C@@H](O[C@@H]2O[C@H](COC(C)=O)[C@H](OC(C)=O)[C@H](OC(C)=O)[C@H]2O[C@@H]2O[C@@H](C)[C@@H](OC(C)=O)[C@@H](OC(C)=O)[C@@H]2OC(C)=O)[C@H](O[C@@H]2O[C@@H](C)[C@@H](OC(C)=O)[C@@H](OC(C)=O)[C@@H]2OC(C)=O)[C@H]1NC(C)=O. The zero-order valence-corrected chi connectivity index (χ0v) is 67.6. The number of carboxylic acid groups (broad SMARTS) is 1. The Bertz CT molecular complexity index is 4000. The first kappa shape index (κ1) is 93.9. The molecule has 8 rings (SSSR count). The normalized spacial score (nSPS) is 30.9. The van der Waals surface area contributed by atoms with Crippen LogP contribution in [0.25, 0.3) is 11.1 Å². The van der Waals surface area contributed by atoms with E-state index in [2.05, 4.69) is 16.0 Å². The molecule has 4 N–H and O–H groups in total. The molecule has 43 heteroatoms. The lowest BCUT2D eigenvalue weighted by Crippen LogP contribution is -2.73. The van der Waals surface area contributed by atoms with Crippen molar-refractivity contribution in [1.82, 2.24) is 16.0 Å². The molecular formula is C76H97N3O40. The van der Waals surface area contributed by atoms with Crippen molar-refractivity contribution in [3.8, 4) is 11.1 Å². The van der Waals surface area contributed by atoms with Crippen LogP contribution in [0, 0.1) is 0 Å². The molecule has 5 heterocycles. The summed E-state index contributed by atoms with van der Waals surface area (Å²) in [5, 5.41) is 18.1. The standard InChI is InChI=1S/C76H97N3O40/c1-30-57(104-37(8)85)64(108-41(12)89)67(111-44(15)92)73(102-30)118-63-56(78-33(4)81)72(117-62-55(77-32(3)80)71(113-52(27-97-34(5)82)59(62)106-39(10)87)100-26-51(70(94)95)79-76(96)101-25-50-48-23-19-17-21-46(48)47-22-18-20-24-49(47)50)114-53(28-98-35(6)83)60(63)116-75-69(66(110-43(14)91)61(107-40(11)88)54(115-75)29-99-36(7)84)119-74-68(112-45(16)93)65(109-42(13)90)58(31(2)103-74)105-38(9)86/h17-24,30-31,50-69,71-75H,25-29H2,1-16H3,(H,77,80)(H,78,81)(H,79,96)(H,94,95)/t30-,31-,51-,52+,53+,54+,55+,56+,57+,58+,59-,60+,61-,62+,63+,64+,65+,66-,67-,68-,69+,71-,72-,73-,74-,75-/m0/s1. The van der Waals surface area contributed by atoms with Crippen molar-refractivity contribution in [3.63, 3.8) is 0 Å². The summed E-state index contributed by atoms with van der Waals surface area (Å²) in [7, 11) is 0.